The monoisotopic (exact) mass is 475 g/mol. The smallest absolute Gasteiger partial charge is 0.316 e. The van der Waals surface area contributed by atoms with E-state index < -0.39 is 22.0 Å². The van der Waals surface area contributed by atoms with Gasteiger partial charge in [0.05, 0.1) is 17.0 Å². The van der Waals surface area contributed by atoms with E-state index >= 15 is 0 Å². The van der Waals surface area contributed by atoms with Crippen molar-refractivity contribution in [2.45, 2.75) is 11.3 Å². The zero-order valence-electron chi connectivity index (χ0n) is 16.4. The Bertz CT molecular complexity index is 1260. The first kappa shape index (κ1) is 22.9. The Balaban J connectivity index is 1.96. The van der Waals surface area contributed by atoms with Crippen LogP contribution in [0.5, 0.6) is 11.5 Å². The first-order valence-electron chi connectivity index (χ1n) is 9.10. The molecule has 0 aliphatic heterocycles. The van der Waals surface area contributed by atoms with Gasteiger partial charge in [-0.3, -0.25) is 9.52 Å². The van der Waals surface area contributed by atoms with Gasteiger partial charge in [-0.1, -0.05) is 23.7 Å². The summed E-state index contributed by atoms with van der Waals surface area (Å²) >= 11 is 5.83. The van der Waals surface area contributed by atoms with E-state index in [1.54, 1.807) is 18.2 Å². The summed E-state index contributed by atoms with van der Waals surface area (Å²) in [4.78, 5) is 22.1. The van der Waals surface area contributed by atoms with E-state index in [1.807, 2.05) is 0 Å². The number of amides is 2. The van der Waals surface area contributed by atoms with Crippen LogP contribution in [0.3, 0.4) is 0 Å². The number of ether oxygens (including phenoxy) is 1. The van der Waals surface area contributed by atoms with E-state index in [4.69, 9.17) is 27.2 Å². The van der Waals surface area contributed by atoms with Crippen molar-refractivity contribution >= 4 is 45.0 Å². The Hall–Kier alpha value is -3.76. The lowest BCUT2D eigenvalue weighted by Gasteiger charge is -2.15. The van der Waals surface area contributed by atoms with Crippen molar-refractivity contribution < 1.29 is 27.9 Å². The number of hydrogen-bond donors (Lipinski definition) is 4. The first-order chi connectivity index (χ1) is 15.1. The van der Waals surface area contributed by atoms with Crippen LogP contribution in [0.4, 0.5) is 16.2 Å². The summed E-state index contributed by atoms with van der Waals surface area (Å²) in [5.41, 5.74) is 5.91. The van der Waals surface area contributed by atoms with E-state index in [0.717, 1.165) is 0 Å². The Morgan fingerprint density at radius 1 is 1.03 bits per heavy atom. The molecule has 0 saturated carbocycles. The topological polar surface area (TPSA) is 148 Å². The number of anilines is 2. The fourth-order valence-electron chi connectivity index (χ4n) is 2.76. The van der Waals surface area contributed by atoms with Crippen LogP contribution in [-0.4, -0.2) is 25.5 Å². The third kappa shape index (κ3) is 6.13. The molecule has 0 spiro atoms. The molecule has 0 atom stereocenters. The van der Waals surface area contributed by atoms with Crippen LogP contribution in [0.15, 0.2) is 71.6 Å². The quantitative estimate of drug-likeness (QED) is 0.386. The number of sulfonamides is 1. The fraction of sp³-hybridized carbons (Fsp3) is 0.0476. The number of aliphatic carboxylic acids is 1. The normalized spacial score (nSPS) is 10.9. The van der Waals surface area contributed by atoms with Gasteiger partial charge in [-0.15, -0.1) is 0 Å². The second-order valence-electron chi connectivity index (χ2n) is 6.58. The lowest BCUT2D eigenvalue weighted by atomic mass is 10.1. The molecule has 0 saturated heterocycles. The zero-order chi connectivity index (χ0) is 23.3. The van der Waals surface area contributed by atoms with Gasteiger partial charge in [-0.2, -0.15) is 0 Å². The van der Waals surface area contributed by atoms with Crippen LogP contribution in [0.1, 0.15) is 5.56 Å². The maximum absolute atomic E-state index is 12.8. The minimum atomic E-state index is -4.02. The molecule has 166 valence electrons. The number of urea groups is 1. The molecule has 0 fully saturated rings. The number of halogens is 1. The molecule has 3 aromatic carbocycles. The number of benzene rings is 3. The molecule has 0 heterocycles. The number of carboxylic acid groups (broad SMARTS) is 1. The number of rotatable bonds is 8. The molecule has 3 aromatic rings. The predicted octanol–water partition coefficient (Wildman–Crippen LogP) is 4.05. The highest BCUT2D eigenvalue weighted by Gasteiger charge is 2.18. The molecule has 2 amide bonds. The number of hydrogen-bond acceptors (Lipinski definition) is 5. The Morgan fingerprint density at radius 2 is 1.75 bits per heavy atom. The number of carbonyl (C=O) groups excluding carboxylic acids is 1. The van der Waals surface area contributed by atoms with Crippen LogP contribution in [0.25, 0.3) is 0 Å². The number of nitrogens with one attached hydrogen (secondary N) is 2. The molecule has 32 heavy (non-hydrogen) atoms. The van der Waals surface area contributed by atoms with Gasteiger partial charge in [-0.05, 0) is 60.2 Å². The second-order valence-corrected chi connectivity index (χ2v) is 8.70. The molecule has 0 aliphatic rings. The van der Waals surface area contributed by atoms with Crippen LogP contribution in [0.2, 0.25) is 5.02 Å². The first-order valence-corrected chi connectivity index (χ1v) is 11.0. The van der Waals surface area contributed by atoms with Gasteiger partial charge < -0.3 is 20.9 Å². The van der Waals surface area contributed by atoms with E-state index in [-0.39, 0.29) is 28.4 Å². The van der Waals surface area contributed by atoms with Crippen molar-refractivity contribution in [1.82, 2.24) is 0 Å². The minimum Gasteiger partial charge on any atom is -0.481 e. The van der Waals surface area contributed by atoms with E-state index in [1.165, 1.54) is 48.5 Å². The third-order valence-corrected chi connectivity index (χ3v) is 5.73. The van der Waals surface area contributed by atoms with Gasteiger partial charge in [0.15, 0.2) is 5.75 Å². The van der Waals surface area contributed by atoms with Crippen molar-refractivity contribution in [2.24, 2.45) is 5.73 Å². The van der Waals surface area contributed by atoms with Gasteiger partial charge >= 0.3 is 12.0 Å². The van der Waals surface area contributed by atoms with Crippen LogP contribution >= 0.6 is 11.6 Å². The lowest BCUT2D eigenvalue weighted by Crippen LogP contribution is -2.19. The maximum atomic E-state index is 12.8. The van der Waals surface area contributed by atoms with Crippen LogP contribution < -0.4 is 20.5 Å². The zero-order valence-corrected chi connectivity index (χ0v) is 18.0. The number of primary amides is 1. The highest BCUT2D eigenvalue weighted by molar-refractivity contribution is 7.92. The SMILES string of the molecule is NC(=O)Nc1ccc(Oc2cccc(CC(=O)O)c2)c(NS(=O)(=O)c2ccc(Cl)cc2)c1. The van der Waals surface area contributed by atoms with Gasteiger partial charge in [-0.25, -0.2) is 13.2 Å². The number of carbonyl (C=O) groups is 2. The fourth-order valence-corrected chi connectivity index (χ4v) is 3.94. The molecule has 0 radical (unpaired) electrons. The van der Waals surface area contributed by atoms with Crippen molar-refractivity contribution in [2.75, 3.05) is 10.0 Å². The summed E-state index contributed by atoms with van der Waals surface area (Å²) in [5, 5.41) is 11.7. The van der Waals surface area contributed by atoms with E-state index in [0.29, 0.717) is 16.3 Å². The molecule has 3 rings (SSSR count). The third-order valence-electron chi connectivity index (χ3n) is 4.10. The molecule has 0 unspecified atom stereocenters. The summed E-state index contributed by atoms with van der Waals surface area (Å²) in [5.74, 6) is -0.586. The molecule has 5 N–H and O–H groups in total. The average molecular weight is 476 g/mol. The highest BCUT2D eigenvalue weighted by atomic mass is 35.5. The molecular formula is C21H18ClN3O6S. The van der Waals surface area contributed by atoms with Crippen molar-refractivity contribution in [3.8, 4) is 11.5 Å². The van der Waals surface area contributed by atoms with Crippen molar-refractivity contribution in [3.05, 3.63) is 77.3 Å². The van der Waals surface area contributed by atoms with E-state index in [2.05, 4.69) is 10.0 Å². The Labute approximate surface area is 188 Å². The van der Waals surface area contributed by atoms with Gasteiger partial charge in [0.25, 0.3) is 10.0 Å². The van der Waals surface area contributed by atoms with Crippen molar-refractivity contribution in [3.63, 3.8) is 0 Å². The number of nitrogens with two attached hydrogens (primary N) is 1. The summed E-state index contributed by atoms with van der Waals surface area (Å²) in [6, 6.07) is 15.4. The van der Waals surface area contributed by atoms with Crippen LogP contribution in [0, 0.1) is 0 Å². The number of carboxylic acids is 1. The lowest BCUT2D eigenvalue weighted by molar-refractivity contribution is -0.136. The summed E-state index contributed by atoms with van der Waals surface area (Å²) in [6.07, 6.45) is -0.200. The average Bonchev–Trinajstić information content (AvgIpc) is 2.69. The Morgan fingerprint density at radius 3 is 2.41 bits per heavy atom. The predicted molar refractivity (Wildman–Crippen MR) is 120 cm³/mol. The summed E-state index contributed by atoms with van der Waals surface area (Å²) in [7, 11) is -4.02. The molecular weight excluding hydrogens is 458 g/mol. The summed E-state index contributed by atoms with van der Waals surface area (Å²) in [6.45, 7) is 0. The largest absolute Gasteiger partial charge is 0.481 e. The van der Waals surface area contributed by atoms with Crippen molar-refractivity contribution in [1.29, 1.82) is 0 Å². The second kappa shape index (κ2) is 9.58. The highest BCUT2D eigenvalue weighted by Crippen LogP contribution is 2.34. The Kier molecular flexibility index (Phi) is 6.86. The molecule has 0 bridgehead atoms. The molecule has 0 aromatic heterocycles. The van der Waals surface area contributed by atoms with Gasteiger partial charge in [0, 0.05) is 10.7 Å². The van der Waals surface area contributed by atoms with Gasteiger partial charge in [0.1, 0.15) is 5.75 Å². The minimum absolute atomic E-state index is 0.0230. The standard InChI is InChI=1S/C21H18ClN3O6S/c22-14-4-7-17(8-5-14)32(29,30)25-18-12-15(24-21(23)28)6-9-19(18)31-16-3-1-2-13(10-16)11-20(26)27/h1-10,12,25H,11H2,(H,26,27)(H3,23,24,28). The molecule has 11 heteroatoms. The summed E-state index contributed by atoms with van der Waals surface area (Å²) < 4.78 is 33.9. The van der Waals surface area contributed by atoms with Crippen LogP contribution in [-0.2, 0) is 21.2 Å². The molecule has 9 nitrogen and oxygen atoms in total. The maximum Gasteiger partial charge on any atom is 0.316 e. The van der Waals surface area contributed by atoms with E-state index in [9.17, 15) is 18.0 Å². The molecule has 0 aliphatic carbocycles. The van der Waals surface area contributed by atoms with Gasteiger partial charge in [0.2, 0.25) is 0 Å².